The van der Waals surface area contributed by atoms with Crippen molar-refractivity contribution < 1.29 is 29.0 Å². The van der Waals surface area contributed by atoms with Crippen molar-refractivity contribution in [2.75, 3.05) is 26.9 Å². The van der Waals surface area contributed by atoms with Gasteiger partial charge >= 0.3 is 5.97 Å². The Bertz CT molecular complexity index is 1070. The summed E-state index contributed by atoms with van der Waals surface area (Å²) in [5.74, 6) is -0.838. The number of benzene rings is 1. The molecule has 194 valence electrons. The number of aliphatic carboxylic acids is 1. The average molecular weight is 496 g/mol. The number of rotatable bonds is 8. The maximum absolute atomic E-state index is 13.7. The smallest absolute Gasteiger partial charge is 0.341 e. The van der Waals surface area contributed by atoms with Crippen molar-refractivity contribution in [2.24, 2.45) is 10.8 Å². The summed E-state index contributed by atoms with van der Waals surface area (Å²) in [4.78, 5) is 40.6. The van der Waals surface area contributed by atoms with Gasteiger partial charge in [-0.1, -0.05) is 39.8 Å². The molecule has 0 atom stereocenters. The summed E-state index contributed by atoms with van der Waals surface area (Å²) < 4.78 is 10.6. The Morgan fingerprint density at radius 2 is 1.47 bits per heavy atom. The highest BCUT2D eigenvalue weighted by atomic mass is 16.5. The normalized spacial score (nSPS) is 21.4. The maximum Gasteiger partial charge on any atom is 0.341 e. The van der Waals surface area contributed by atoms with Gasteiger partial charge in [-0.2, -0.15) is 0 Å². The van der Waals surface area contributed by atoms with E-state index in [1.807, 2.05) is 12.1 Å². The van der Waals surface area contributed by atoms with E-state index in [2.05, 4.69) is 32.6 Å². The Kier molecular flexibility index (Phi) is 7.15. The number of carboxylic acid groups (broad SMARTS) is 1. The van der Waals surface area contributed by atoms with Crippen LogP contribution in [0.4, 0.5) is 0 Å². The van der Waals surface area contributed by atoms with Crippen LogP contribution in [0.2, 0.25) is 0 Å². The molecule has 0 radical (unpaired) electrons. The van der Waals surface area contributed by atoms with E-state index >= 15 is 0 Å². The molecule has 0 unspecified atom stereocenters. The number of nitrogens with zero attached hydrogens (tertiary/aromatic N) is 1. The molecule has 0 bridgehead atoms. The Balaban J connectivity index is 1.85. The zero-order valence-electron chi connectivity index (χ0n) is 22.0. The Hall–Kier alpha value is -2.93. The van der Waals surface area contributed by atoms with Crippen LogP contribution in [0.5, 0.6) is 5.75 Å². The summed E-state index contributed by atoms with van der Waals surface area (Å²) in [6, 6.07) is 7.16. The molecular weight excluding hydrogens is 458 g/mol. The van der Waals surface area contributed by atoms with Gasteiger partial charge in [-0.05, 0) is 47.8 Å². The van der Waals surface area contributed by atoms with Crippen molar-refractivity contribution in [1.82, 2.24) is 4.90 Å². The van der Waals surface area contributed by atoms with Crippen LogP contribution in [0.25, 0.3) is 0 Å². The minimum Gasteiger partial charge on any atom is -0.482 e. The quantitative estimate of drug-likeness (QED) is 0.514. The van der Waals surface area contributed by atoms with E-state index in [0.29, 0.717) is 31.7 Å². The fourth-order valence-electron chi connectivity index (χ4n) is 5.92. The number of ketones is 2. The molecule has 0 saturated carbocycles. The third-order valence-electron chi connectivity index (χ3n) is 7.33. The van der Waals surface area contributed by atoms with E-state index in [-0.39, 0.29) is 22.4 Å². The molecule has 7 nitrogen and oxygen atoms in total. The third kappa shape index (κ3) is 5.26. The van der Waals surface area contributed by atoms with Gasteiger partial charge in [0.15, 0.2) is 18.2 Å². The molecule has 7 heteroatoms. The number of Topliss-reactive ketones (excluding diaryl/α,β-unsaturated/α-hetero) is 2. The van der Waals surface area contributed by atoms with Crippen molar-refractivity contribution in [2.45, 2.75) is 65.7 Å². The summed E-state index contributed by atoms with van der Waals surface area (Å²) >= 11 is 0. The summed E-state index contributed by atoms with van der Waals surface area (Å²) in [5, 5.41) is 8.91. The zero-order valence-corrected chi connectivity index (χ0v) is 22.0. The Labute approximate surface area is 213 Å². The van der Waals surface area contributed by atoms with Gasteiger partial charge in [-0.15, -0.1) is 0 Å². The first-order valence-electron chi connectivity index (χ1n) is 12.7. The molecule has 0 amide bonds. The average Bonchev–Trinajstić information content (AvgIpc) is 2.77. The lowest BCUT2D eigenvalue weighted by Gasteiger charge is -2.49. The predicted octanol–water partition coefficient (Wildman–Crippen LogP) is 4.87. The highest BCUT2D eigenvalue weighted by Crippen LogP contribution is 2.54. The van der Waals surface area contributed by atoms with Crippen LogP contribution in [-0.2, 0) is 19.1 Å². The molecular formula is C29H37NO6. The molecule has 0 saturated heterocycles. The molecule has 1 aliphatic heterocycles. The van der Waals surface area contributed by atoms with Gasteiger partial charge in [0.2, 0.25) is 0 Å². The first-order valence-corrected chi connectivity index (χ1v) is 12.7. The largest absolute Gasteiger partial charge is 0.482 e. The van der Waals surface area contributed by atoms with Crippen molar-refractivity contribution in [3.63, 3.8) is 0 Å². The molecule has 0 aromatic heterocycles. The molecule has 1 N–H and O–H groups in total. The van der Waals surface area contributed by atoms with Gasteiger partial charge in [-0.3, -0.25) is 9.59 Å². The number of carboxylic acids is 1. The molecule has 0 spiro atoms. The second kappa shape index (κ2) is 9.85. The van der Waals surface area contributed by atoms with Crippen LogP contribution < -0.4 is 4.74 Å². The van der Waals surface area contributed by atoms with E-state index in [0.717, 1.165) is 47.4 Å². The van der Waals surface area contributed by atoms with Crippen molar-refractivity contribution in [1.29, 1.82) is 0 Å². The Morgan fingerprint density at radius 3 is 1.94 bits per heavy atom. The van der Waals surface area contributed by atoms with Crippen LogP contribution in [0.15, 0.2) is 46.8 Å². The zero-order chi connectivity index (χ0) is 26.3. The van der Waals surface area contributed by atoms with Gasteiger partial charge in [0.05, 0.1) is 0 Å². The van der Waals surface area contributed by atoms with Gasteiger partial charge in [-0.25, -0.2) is 4.79 Å². The summed E-state index contributed by atoms with van der Waals surface area (Å²) in [6.45, 7) is 9.41. The Morgan fingerprint density at radius 1 is 0.944 bits per heavy atom. The van der Waals surface area contributed by atoms with Crippen LogP contribution in [0.1, 0.15) is 71.3 Å². The molecule has 4 rings (SSSR count). The lowest BCUT2D eigenvalue weighted by Crippen LogP contribution is -2.44. The number of allylic oxidation sites excluding steroid dienone is 4. The number of ether oxygens (including phenoxy) is 2. The highest BCUT2D eigenvalue weighted by molar-refractivity contribution is 6.06. The van der Waals surface area contributed by atoms with Crippen molar-refractivity contribution in [3.8, 4) is 5.75 Å². The monoisotopic (exact) mass is 495 g/mol. The molecule has 2 aliphatic carbocycles. The van der Waals surface area contributed by atoms with Crippen LogP contribution in [0, 0.1) is 10.8 Å². The van der Waals surface area contributed by atoms with Crippen molar-refractivity contribution in [3.05, 3.63) is 52.4 Å². The maximum atomic E-state index is 13.7. The summed E-state index contributed by atoms with van der Waals surface area (Å²) in [5.41, 5.74) is 4.06. The number of carbonyl (C=O) groups is 3. The van der Waals surface area contributed by atoms with Gasteiger partial charge in [0.25, 0.3) is 0 Å². The number of hydrogen-bond donors (Lipinski definition) is 1. The van der Waals surface area contributed by atoms with E-state index in [9.17, 15) is 14.4 Å². The standard InChI is InChI=1S/C29H37NO6/c1-28(2)13-20-26(22(31)15-28)25(18-7-9-19(10-8-18)36-17-24(33)34)27-21(30(20)11-6-12-35-5)14-29(3,4)16-23(27)32/h7-10,25H,6,11-17H2,1-5H3,(H,33,34). The predicted molar refractivity (Wildman–Crippen MR) is 136 cm³/mol. The minimum absolute atomic E-state index is 0.0957. The van der Waals surface area contributed by atoms with Gasteiger partial charge < -0.3 is 19.5 Å². The summed E-state index contributed by atoms with van der Waals surface area (Å²) in [6.07, 6.45) is 3.21. The fourth-order valence-corrected chi connectivity index (χ4v) is 5.92. The lowest BCUT2D eigenvalue weighted by molar-refractivity contribution is -0.139. The van der Waals surface area contributed by atoms with Gasteiger partial charge in [0.1, 0.15) is 5.75 Å². The first kappa shape index (κ1) is 26.1. The topological polar surface area (TPSA) is 93.1 Å². The first-order chi connectivity index (χ1) is 16.9. The van der Waals surface area contributed by atoms with Crippen LogP contribution >= 0.6 is 0 Å². The van der Waals surface area contributed by atoms with E-state index in [1.54, 1.807) is 19.2 Å². The van der Waals surface area contributed by atoms with E-state index in [1.165, 1.54) is 0 Å². The number of hydrogen-bond acceptors (Lipinski definition) is 6. The molecule has 1 aromatic rings. The fraction of sp³-hybridized carbons (Fsp3) is 0.552. The SMILES string of the molecule is COCCCN1C2=C(C(=O)CC(C)(C)C2)C(c2ccc(OCC(=O)O)cc2)C2=C1CC(C)(C)CC2=O. The summed E-state index contributed by atoms with van der Waals surface area (Å²) in [7, 11) is 1.69. The molecule has 1 heterocycles. The van der Waals surface area contributed by atoms with Crippen molar-refractivity contribution >= 4 is 17.5 Å². The highest BCUT2D eigenvalue weighted by Gasteiger charge is 2.48. The molecule has 3 aliphatic rings. The second-order valence-corrected chi connectivity index (χ2v) is 11.8. The van der Waals surface area contributed by atoms with Crippen LogP contribution in [-0.4, -0.2) is 54.4 Å². The molecule has 1 aromatic carbocycles. The molecule has 36 heavy (non-hydrogen) atoms. The lowest BCUT2D eigenvalue weighted by atomic mass is 9.63. The third-order valence-corrected chi connectivity index (χ3v) is 7.33. The minimum atomic E-state index is -1.05. The van der Waals surface area contributed by atoms with Gasteiger partial charge in [0, 0.05) is 61.6 Å². The van der Waals surface area contributed by atoms with E-state index in [4.69, 9.17) is 14.6 Å². The van der Waals surface area contributed by atoms with E-state index < -0.39 is 18.5 Å². The number of carbonyl (C=O) groups excluding carboxylic acids is 2. The van der Waals surface area contributed by atoms with Crippen LogP contribution in [0.3, 0.4) is 0 Å². The second-order valence-electron chi connectivity index (χ2n) is 11.8. The number of methoxy groups -OCH3 is 1. The molecule has 0 fully saturated rings.